The van der Waals surface area contributed by atoms with Crippen molar-refractivity contribution in [1.29, 1.82) is 0 Å². The number of halogens is 1. The fourth-order valence-corrected chi connectivity index (χ4v) is 1.17. The molecule has 0 fully saturated rings. The van der Waals surface area contributed by atoms with Crippen LogP contribution in [0.25, 0.3) is 0 Å². The molecule has 0 spiro atoms. The molecule has 4 nitrogen and oxygen atoms in total. The van der Waals surface area contributed by atoms with E-state index in [4.69, 9.17) is 11.6 Å². The highest BCUT2D eigenvalue weighted by Crippen LogP contribution is 2.09. The van der Waals surface area contributed by atoms with Crippen molar-refractivity contribution >= 4 is 23.4 Å². The average Bonchev–Trinajstić information content (AvgIpc) is 2.27. The van der Waals surface area contributed by atoms with Gasteiger partial charge in [0.15, 0.2) is 0 Å². The molecule has 0 aliphatic heterocycles. The summed E-state index contributed by atoms with van der Waals surface area (Å²) in [4.78, 5) is 11.0. The summed E-state index contributed by atoms with van der Waals surface area (Å²) in [7, 11) is 0. The number of hydrogen-bond acceptors (Lipinski definition) is 3. The Balaban J connectivity index is 2.63. The van der Waals surface area contributed by atoms with Crippen molar-refractivity contribution in [1.82, 2.24) is 5.43 Å². The second kappa shape index (κ2) is 6.12. The van der Waals surface area contributed by atoms with E-state index in [1.807, 2.05) is 12.1 Å². The maximum absolute atomic E-state index is 11.0. The van der Waals surface area contributed by atoms with E-state index in [1.165, 1.54) is 0 Å². The highest BCUT2D eigenvalue weighted by Gasteiger charge is 2.00. The van der Waals surface area contributed by atoms with E-state index in [-0.39, 0.29) is 0 Å². The Morgan fingerprint density at radius 3 is 2.62 bits per heavy atom. The van der Waals surface area contributed by atoms with E-state index >= 15 is 0 Å². The molecule has 1 rings (SSSR count). The Labute approximate surface area is 99.2 Å². The summed E-state index contributed by atoms with van der Waals surface area (Å²) >= 11 is 5.76. The lowest BCUT2D eigenvalue weighted by atomic mass is 10.1. The molecule has 0 saturated carbocycles. The van der Waals surface area contributed by atoms with Crippen LogP contribution in [0.15, 0.2) is 29.4 Å². The molecule has 0 bridgehead atoms. The molecule has 1 aromatic carbocycles. The fraction of sp³-hybridized carbons (Fsp3) is 0.273. The Bertz CT molecular complexity index is 387. The number of nitrogens with one attached hydrogen (secondary N) is 1. The quantitative estimate of drug-likeness (QED) is 0.652. The number of ether oxygens (including phenoxy) is 1. The molecule has 0 unspecified atom stereocenters. The van der Waals surface area contributed by atoms with Gasteiger partial charge in [-0.2, -0.15) is 5.10 Å². The maximum atomic E-state index is 11.0. The monoisotopic (exact) mass is 240 g/mol. The first-order chi connectivity index (χ1) is 7.63. The summed E-state index contributed by atoms with van der Waals surface area (Å²) in [6, 6.07) is 7.18. The molecule has 0 aliphatic rings. The Morgan fingerprint density at radius 1 is 1.44 bits per heavy atom. The molecule has 0 aromatic heterocycles. The maximum Gasteiger partial charge on any atom is 0.427 e. The van der Waals surface area contributed by atoms with Crippen molar-refractivity contribution in [2.45, 2.75) is 13.8 Å². The van der Waals surface area contributed by atoms with Gasteiger partial charge in [-0.25, -0.2) is 10.2 Å². The minimum atomic E-state index is -0.559. The van der Waals surface area contributed by atoms with E-state index in [2.05, 4.69) is 15.3 Å². The van der Waals surface area contributed by atoms with Gasteiger partial charge in [-0.05, 0) is 31.5 Å². The second-order valence-corrected chi connectivity index (χ2v) is 3.47. The van der Waals surface area contributed by atoms with Crippen molar-refractivity contribution in [2.24, 2.45) is 5.10 Å². The van der Waals surface area contributed by atoms with Crippen LogP contribution in [0.2, 0.25) is 5.02 Å². The molecular weight excluding hydrogens is 228 g/mol. The van der Waals surface area contributed by atoms with Gasteiger partial charge in [-0.15, -0.1) is 0 Å². The van der Waals surface area contributed by atoms with Gasteiger partial charge in [0, 0.05) is 5.02 Å². The lowest BCUT2D eigenvalue weighted by Crippen LogP contribution is -2.20. The van der Waals surface area contributed by atoms with Crippen LogP contribution >= 0.6 is 11.6 Å². The van der Waals surface area contributed by atoms with Crippen molar-refractivity contribution in [3.8, 4) is 0 Å². The predicted octanol–water partition coefficient (Wildman–Crippen LogP) is 2.81. The first-order valence-electron chi connectivity index (χ1n) is 4.86. The molecule has 0 aliphatic carbocycles. The second-order valence-electron chi connectivity index (χ2n) is 3.04. The van der Waals surface area contributed by atoms with Crippen molar-refractivity contribution < 1.29 is 9.53 Å². The zero-order valence-electron chi connectivity index (χ0n) is 9.16. The normalized spacial score (nSPS) is 11.1. The first kappa shape index (κ1) is 12.5. The Kier molecular flexibility index (Phi) is 4.79. The number of nitrogens with zero attached hydrogens (tertiary/aromatic N) is 1. The summed E-state index contributed by atoms with van der Waals surface area (Å²) in [6.45, 7) is 3.84. The number of hydrazone groups is 1. The van der Waals surface area contributed by atoms with Gasteiger partial charge in [-0.1, -0.05) is 23.7 Å². The fourth-order valence-electron chi connectivity index (χ4n) is 1.05. The number of carbonyl (C=O) groups is 1. The summed E-state index contributed by atoms with van der Waals surface area (Å²) in [5, 5.41) is 4.55. The van der Waals surface area contributed by atoms with Crippen molar-refractivity contribution in [2.75, 3.05) is 6.61 Å². The molecule has 5 heteroatoms. The molecule has 16 heavy (non-hydrogen) atoms. The Morgan fingerprint density at radius 2 is 2.06 bits per heavy atom. The van der Waals surface area contributed by atoms with Crippen LogP contribution in [0, 0.1) is 0 Å². The third-order valence-corrected chi connectivity index (χ3v) is 2.10. The van der Waals surface area contributed by atoms with Crippen LogP contribution in [0.1, 0.15) is 19.4 Å². The third kappa shape index (κ3) is 3.90. The van der Waals surface area contributed by atoms with E-state index in [1.54, 1.807) is 26.0 Å². The number of amides is 1. The summed E-state index contributed by atoms with van der Waals surface area (Å²) < 4.78 is 4.67. The largest absolute Gasteiger partial charge is 0.449 e. The lowest BCUT2D eigenvalue weighted by molar-refractivity contribution is 0.152. The molecule has 0 atom stereocenters. The van der Waals surface area contributed by atoms with Crippen LogP contribution in [0.3, 0.4) is 0 Å². The molecule has 1 amide bonds. The number of carbonyl (C=O) groups excluding carboxylic acids is 1. The zero-order valence-corrected chi connectivity index (χ0v) is 9.91. The average molecular weight is 241 g/mol. The molecule has 1 aromatic rings. The van der Waals surface area contributed by atoms with Crippen LogP contribution < -0.4 is 5.43 Å². The molecule has 0 radical (unpaired) electrons. The smallest absolute Gasteiger partial charge is 0.427 e. The van der Waals surface area contributed by atoms with Crippen LogP contribution in [0.4, 0.5) is 4.79 Å². The van der Waals surface area contributed by atoms with E-state index in [0.717, 1.165) is 5.56 Å². The minimum Gasteiger partial charge on any atom is -0.449 e. The third-order valence-electron chi connectivity index (χ3n) is 1.85. The van der Waals surface area contributed by atoms with Gasteiger partial charge in [0.05, 0.1) is 12.3 Å². The van der Waals surface area contributed by atoms with Gasteiger partial charge in [-0.3, -0.25) is 0 Å². The molecule has 1 N–H and O–H groups in total. The molecular formula is C11H13ClN2O2. The highest BCUT2D eigenvalue weighted by atomic mass is 35.5. The molecule has 0 saturated heterocycles. The minimum absolute atomic E-state index is 0.321. The van der Waals surface area contributed by atoms with Gasteiger partial charge < -0.3 is 4.74 Å². The predicted molar refractivity (Wildman–Crippen MR) is 63.8 cm³/mol. The Hall–Kier alpha value is -1.55. The summed E-state index contributed by atoms with van der Waals surface area (Å²) in [6.07, 6.45) is -0.559. The van der Waals surface area contributed by atoms with Crippen LogP contribution in [-0.4, -0.2) is 18.4 Å². The SMILES string of the molecule is CCOC(=O)NN=C(C)c1ccc(Cl)cc1. The number of benzene rings is 1. The van der Waals surface area contributed by atoms with Crippen molar-refractivity contribution in [3.05, 3.63) is 34.9 Å². The highest BCUT2D eigenvalue weighted by molar-refractivity contribution is 6.30. The van der Waals surface area contributed by atoms with E-state index in [9.17, 15) is 4.79 Å². The summed E-state index contributed by atoms with van der Waals surface area (Å²) in [5.41, 5.74) is 3.87. The number of rotatable bonds is 3. The van der Waals surface area contributed by atoms with Crippen molar-refractivity contribution in [3.63, 3.8) is 0 Å². The van der Waals surface area contributed by atoms with Gasteiger partial charge in [0.1, 0.15) is 0 Å². The first-order valence-corrected chi connectivity index (χ1v) is 5.24. The molecule has 0 heterocycles. The molecule has 86 valence electrons. The summed E-state index contributed by atoms with van der Waals surface area (Å²) in [5.74, 6) is 0. The topological polar surface area (TPSA) is 50.7 Å². The zero-order chi connectivity index (χ0) is 12.0. The van der Waals surface area contributed by atoms with Gasteiger partial charge >= 0.3 is 6.09 Å². The van der Waals surface area contributed by atoms with Gasteiger partial charge in [0.2, 0.25) is 0 Å². The lowest BCUT2D eigenvalue weighted by Gasteiger charge is -2.02. The van der Waals surface area contributed by atoms with Crippen LogP contribution in [-0.2, 0) is 4.74 Å². The van der Waals surface area contributed by atoms with E-state index in [0.29, 0.717) is 17.3 Å². The number of hydrogen-bond donors (Lipinski definition) is 1. The van der Waals surface area contributed by atoms with Crippen LogP contribution in [0.5, 0.6) is 0 Å². The van der Waals surface area contributed by atoms with E-state index < -0.39 is 6.09 Å². The standard InChI is InChI=1S/C11H13ClN2O2/c1-3-16-11(15)14-13-8(2)9-4-6-10(12)7-5-9/h4-7H,3H2,1-2H3,(H,14,15). The van der Waals surface area contributed by atoms with Gasteiger partial charge in [0.25, 0.3) is 0 Å².